The smallest absolute Gasteiger partial charge is 0.410 e. The van der Waals surface area contributed by atoms with E-state index in [1.54, 1.807) is 4.90 Å². The van der Waals surface area contributed by atoms with Gasteiger partial charge in [-0.2, -0.15) is 0 Å². The Morgan fingerprint density at radius 3 is 2.33 bits per heavy atom. The zero-order valence-electron chi connectivity index (χ0n) is 14.6. The van der Waals surface area contributed by atoms with Crippen molar-refractivity contribution < 1.29 is 9.53 Å². The van der Waals surface area contributed by atoms with E-state index in [2.05, 4.69) is 28.9 Å². The zero-order valence-corrected chi connectivity index (χ0v) is 15.4. The van der Waals surface area contributed by atoms with Crippen molar-refractivity contribution in [2.75, 3.05) is 37.0 Å². The van der Waals surface area contributed by atoms with Crippen LogP contribution in [0.15, 0.2) is 24.3 Å². The van der Waals surface area contributed by atoms with Crippen LogP contribution in [0, 0.1) is 11.8 Å². The van der Waals surface area contributed by atoms with Crippen LogP contribution in [0.4, 0.5) is 10.5 Å². The van der Waals surface area contributed by atoms with Crippen LogP contribution in [-0.4, -0.2) is 48.7 Å². The van der Waals surface area contributed by atoms with Gasteiger partial charge >= 0.3 is 6.09 Å². The molecule has 2 rings (SSSR count). The lowest BCUT2D eigenvalue weighted by atomic mass is 10.2. The van der Waals surface area contributed by atoms with Crippen molar-refractivity contribution in [1.82, 2.24) is 4.90 Å². The topological polar surface area (TPSA) is 32.8 Å². The molecule has 1 heterocycles. The Kier molecular flexibility index (Phi) is 6.39. The molecule has 0 aliphatic carbocycles. The molecule has 1 aliphatic heterocycles. The minimum atomic E-state index is -0.450. The van der Waals surface area contributed by atoms with Gasteiger partial charge in [0.25, 0.3) is 0 Å². The normalized spacial score (nSPS) is 14.8. The molecule has 5 heteroatoms. The third kappa shape index (κ3) is 5.65. The minimum absolute atomic E-state index is 0.230. The van der Waals surface area contributed by atoms with Crippen molar-refractivity contribution in [1.29, 1.82) is 0 Å². The van der Waals surface area contributed by atoms with E-state index in [1.807, 2.05) is 32.9 Å². The summed E-state index contributed by atoms with van der Waals surface area (Å²) in [5, 5.41) is 0. The summed E-state index contributed by atoms with van der Waals surface area (Å²) in [5.74, 6) is 6.69. The Hall–Kier alpha value is -1.86. The van der Waals surface area contributed by atoms with Crippen molar-refractivity contribution in [2.45, 2.75) is 32.8 Å². The summed E-state index contributed by atoms with van der Waals surface area (Å²) >= 11 is 5.62. The maximum Gasteiger partial charge on any atom is 0.410 e. The fourth-order valence-corrected chi connectivity index (χ4v) is 2.54. The molecule has 0 bridgehead atoms. The molecule has 0 spiro atoms. The van der Waals surface area contributed by atoms with Crippen LogP contribution in [-0.2, 0) is 4.74 Å². The zero-order chi connectivity index (χ0) is 17.6. The third-order valence-electron chi connectivity index (χ3n) is 3.62. The van der Waals surface area contributed by atoms with Crippen molar-refractivity contribution >= 4 is 23.4 Å². The molecule has 0 aromatic heterocycles. The van der Waals surface area contributed by atoms with Gasteiger partial charge in [0.15, 0.2) is 0 Å². The molecule has 0 unspecified atom stereocenters. The number of carbonyl (C=O) groups is 1. The van der Waals surface area contributed by atoms with Gasteiger partial charge in [0.05, 0.1) is 0 Å². The molecule has 1 aromatic rings. The predicted octanol–water partition coefficient (Wildman–Crippen LogP) is 3.72. The maximum absolute atomic E-state index is 12.1. The number of piperazine rings is 1. The fraction of sp³-hybridized carbons (Fsp3) is 0.526. The van der Waals surface area contributed by atoms with E-state index in [0.717, 1.165) is 24.3 Å². The van der Waals surface area contributed by atoms with Gasteiger partial charge in [-0.3, -0.25) is 0 Å². The highest BCUT2D eigenvalue weighted by Crippen LogP contribution is 2.18. The number of rotatable bonds is 2. The molecule has 24 heavy (non-hydrogen) atoms. The van der Waals surface area contributed by atoms with Crippen LogP contribution in [0.5, 0.6) is 0 Å². The SMILES string of the molecule is CC(C)(C)OC(=O)N1CCN(c2ccc(C#CCCCl)cc2)CC1. The summed E-state index contributed by atoms with van der Waals surface area (Å²) in [6, 6.07) is 8.20. The van der Waals surface area contributed by atoms with Crippen molar-refractivity contribution in [3.05, 3.63) is 29.8 Å². The van der Waals surface area contributed by atoms with Crippen molar-refractivity contribution in [3.63, 3.8) is 0 Å². The molecular formula is C19H25ClN2O2. The number of halogens is 1. The predicted molar refractivity (Wildman–Crippen MR) is 98.7 cm³/mol. The highest BCUT2D eigenvalue weighted by atomic mass is 35.5. The number of nitrogens with zero attached hydrogens (tertiary/aromatic N) is 2. The number of carbonyl (C=O) groups excluding carboxylic acids is 1. The van der Waals surface area contributed by atoms with E-state index < -0.39 is 5.60 Å². The molecule has 4 nitrogen and oxygen atoms in total. The van der Waals surface area contributed by atoms with E-state index in [4.69, 9.17) is 16.3 Å². The van der Waals surface area contributed by atoms with Crippen LogP contribution >= 0.6 is 11.6 Å². The van der Waals surface area contributed by atoms with E-state index in [1.165, 1.54) is 0 Å². The molecule has 0 atom stereocenters. The van der Waals surface area contributed by atoms with E-state index in [-0.39, 0.29) is 6.09 Å². The molecule has 1 amide bonds. The first kappa shape index (κ1) is 18.5. The highest BCUT2D eigenvalue weighted by Gasteiger charge is 2.25. The molecule has 0 saturated carbocycles. The molecular weight excluding hydrogens is 324 g/mol. The Balaban J connectivity index is 1.88. The molecule has 1 saturated heterocycles. The fourth-order valence-electron chi connectivity index (χ4n) is 2.44. The number of benzene rings is 1. The summed E-state index contributed by atoms with van der Waals surface area (Å²) in [4.78, 5) is 16.1. The van der Waals surface area contributed by atoms with E-state index in [0.29, 0.717) is 25.4 Å². The number of anilines is 1. The lowest BCUT2D eigenvalue weighted by Gasteiger charge is -2.36. The summed E-state index contributed by atoms with van der Waals surface area (Å²) in [6.07, 6.45) is 0.475. The second-order valence-electron chi connectivity index (χ2n) is 6.74. The number of ether oxygens (including phenoxy) is 1. The lowest BCUT2D eigenvalue weighted by Crippen LogP contribution is -2.50. The van der Waals surface area contributed by atoms with Crippen molar-refractivity contribution in [3.8, 4) is 11.8 Å². The Morgan fingerprint density at radius 1 is 1.17 bits per heavy atom. The van der Waals surface area contributed by atoms with Gasteiger partial charge in [-0.15, -0.1) is 11.6 Å². The Morgan fingerprint density at radius 2 is 1.79 bits per heavy atom. The highest BCUT2D eigenvalue weighted by molar-refractivity contribution is 6.18. The first-order chi connectivity index (χ1) is 11.4. The maximum atomic E-state index is 12.1. The van der Waals surface area contributed by atoms with Gasteiger partial charge < -0.3 is 14.5 Å². The van der Waals surface area contributed by atoms with Crippen LogP contribution < -0.4 is 4.90 Å². The molecule has 0 N–H and O–H groups in total. The average molecular weight is 349 g/mol. The number of hydrogen-bond acceptors (Lipinski definition) is 3. The lowest BCUT2D eigenvalue weighted by molar-refractivity contribution is 0.0240. The van der Waals surface area contributed by atoms with Crippen LogP contribution in [0.2, 0.25) is 0 Å². The standard InChI is InChI=1S/C19H25ClN2O2/c1-19(2,3)24-18(23)22-14-12-21(13-15-22)17-9-7-16(8-10-17)6-4-5-11-20/h7-10H,5,11-15H2,1-3H3. The van der Waals surface area contributed by atoms with Gasteiger partial charge in [0, 0.05) is 49.7 Å². The molecule has 1 aliphatic rings. The first-order valence-electron chi connectivity index (χ1n) is 8.27. The van der Waals surface area contributed by atoms with Crippen LogP contribution in [0.3, 0.4) is 0 Å². The van der Waals surface area contributed by atoms with Crippen LogP contribution in [0.1, 0.15) is 32.8 Å². The average Bonchev–Trinajstić information content (AvgIpc) is 2.54. The van der Waals surface area contributed by atoms with E-state index >= 15 is 0 Å². The number of amides is 1. The summed E-state index contributed by atoms with van der Waals surface area (Å²) < 4.78 is 5.42. The third-order valence-corrected chi connectivity index (χ3v) is 3.81. The monoisotopic (exact) mass is 348 g/mol. The van der Waals surface area contributed by atoms with Gasteiger partial charge in [-0.1, -0.05) is 11.8 Å². The number of hydrogen-bond donors (Lipinski definition) is 0. The van der Waals surface area contributed by atoms with Gasteiger partial charge in [-0.05, 0) is 45.0 Å². The second-order valence-corrected chi connectivity index (χ2v) is 7.12. The Bertz CT molecular complexity index is 603. The van der Waals surface area contributed by atoms with Gasteiger partial charge in [0.2, 0.25) is 0 Å². The van der Waals surface area contributed by atoms with Crippen LogP contribution in [0.25, 0.3) is 0 Å². The molecule has 1 aromatic carbocycles. The summed E-state index contributed by atoms with van der Waals surface area (Å²) in [7, 11) is 0. The van der Waals surface area contributed by atoms with Crippen molar-refractivity contribution in [2.24, 2.45) is 0 Å². The van der Waals surface area contributed by atoms with Gasteiger partial charge in [-0.25, -0.2) is 4.79 Å². The quantitative estimate of drug-likeness (QED) is 0.603. The molecule has 130 valence electrons. The minimum Gasteiger partial charge on any atom is -0.444 e. The summed E-state index contributed by atoms with van der Waals surface area (Å²) in [5.41, 5.74) is 1.70. The van der Waals surface area contributed by atoms with Gasteiger partial charge in [0.1, 0.15) is 5.60 Å². The summed E-state index contributed by atoms with van der Waals surface area (Å²) in [6.45, 7) is 8.61. The first-order valence-corrected chi connectivity index (χ1v) is 8.80. The molecule has 0 radical (unpaired) electrons. The second kappa shape index (κ2) is 8.30. The van der Waals surface area contributed by atoms with E-state index in [9.17, 15) is 4.79 Å². The Labute approximate surface area is 149 Å². The molecule has 1 fully saturated rings. The largest absolute Gasteiger partial charge is 0.444 e. The number of alkyl halides is 1.